The number of fused-ring (bicyclic) bond motifs is 1. The molecule has 2 radical (unpaired) electrons. The standard InChI is InChI=1S/C11H11ClO/c1-11(2)7-6-8-4-3-5-9(12)10(8)13-11/h3-5H,7H2,1-2H3. The number of para-hydroxylation sites is 1. The molecule has 0 atom stereocenters. The van der Waals surface area contributed by atoms with Gasteiger partial charge in [0.1, 0.15) is 11.4 Å². The number of benzene rings is 1. The maximum absolute atomic E-state index is 6.00. The van der Waals surface area contributed by atoms with Gasteiger partial charge >= 0.3 is 0 Å². The molecule has 0 aliphatic carbocycles. The van der Waals surface area contributed by atoms with Gasteiger partial charge in [0.2, 0.25) is 0 Å². The van der Waals surface area contributed by atoms with Crippen molar-refractivity contribution in [2.75, 3.05) is 0 Å². The van der Waals surface area contributed by atoms with Gasteiger partial charge in [-0.25, -0.2) is 0 Å². The van der Waals surface area contributed by atoms with E-state index in [4.69, 9.17) is 16.3 Å². The second-order valence-corrected chi connectivity index (χ2v) is 4.24. The second-order valence-electron chi connectivity index (χ2n) is 3.83. The summed E-state index contributed by atoms with van der Waals surface area (Å²) in [5.41, 5.74) is 0.796. The Morgan fingerprint density at radius 2 is 2.23 bits per heavy atom. The van der Waals surface area contributed by atoms with Crippen LogP contribution in [0.2, 0.25) is 5.02 Å². The number of halogens is 1. The molecule has 1 nitrogen and oxygen atoms in total. The molecule has 1 heterocycles. The SMILES string of the molecule is CC1(C)C[C]c2cccc(Cl)c2O1. The minimum absolute atomic E-state index is 0.183. The topological polar surface area (TPSA) is 9.23 Å². The lowest BCUT2D eigenvalue weighted by molar-refractivity contribution is 0.0989. The van der Waals surface area contributed by atoms with Crippen molar-refractivity contribution >= 4 is 11.6 Å². The first-order valence-corrected chi connectivity index (χ1v) is 4.68. The quantitative estimate of drug-likeness (QED) is 0.616. The van der Waals surface area contributed by atoms with E-state index in [2.05, 4.69) is 6.42 Å². The molecule has 13 heavy (non-hydrogen) atoms. The first-order valence-electron chi connectivity index (χ1n) is 4.30. The minimum Gasteiger partial charge on any atom is -0.486 e. The largest absolute Gasteiger partial charge is 0.486 e. The van der Waals surface area contributed by atoms with E-state index in [-0.39, 0.29) is 5.60 Å². The zero-order valence-corrected chi connectivity index (χ0v) is 8.48. The van der Waals surface area contributed by atoms with Crippen LogP contribution in [0.15, 0.2) is 18.2 Å². The van der Waals surface area contributed by atoms with Gasteiger partial charge in [-0.1, -0.05) is 23.7 Å². The van der Waals surface area contributed by atoms with Gasteiger partial charge in [0.05, 0.1) is 5.02 Å². The molecule has 2 rings (SSSR count). The molecule has 1 aromatic carbocycles. The average molecular weight is 195 g/mol. The first kappa shape index (κ1) is 8.89. The monoisotopic (exact) mass is 194 g/mol. The summed E-state index contributed by atoms with van der Waals surface area (Å²) in [7, 11) is 0. The van der Waals surface area contributed by atoms with Gasteiger partial charge in [-0.05, 0) is 26.3 Å². The summed E-state index contributed by atoms with van der Waals surface area (Å²) in [6, 6.07) is 5.72. The van der Waals surface area contributed by atoms with Gasteiger partial charge in [-0.2, -0.15) is 0 Å². The maximum atomic E-state index is 6.00. The van der Waals surface area contributed by atoms with Crippen molar-refractivity contribution in [1.82, 2.24) is 0 Å². The maximum Gasteiger partial charge on any atom is 0.142 e. The summed E-state index contributed by atoms with van der Waals surface area (Å²) < 4.78 is 5.76. The lowest BCUT2D eigenvalue weighted by Gasteiger charge is -2.32. The molecule has 0 saturated heterocycles. The van der Waals surface area contributed by atoms with Gasteiger partial charge in [0.25, 0.3) is 0 Å². The Morgan fingerprint density at radius 3 is 3.00 bits per heavy atom. The zero-order chi connectivity index (χ0) is 9.47. The van der Waals surface area contributed by atoms with Crippen LogP contribution in [0.25, 0.3) is 0 Å². The Hall–Kier alpha value is -0.690. The molecule has 2 heteroatoms. The fraction of sp³-hybridized carbons (Fsp3) is 0.364. The molecular weight excluding hydrogens is 184 g/mol. The Balaban J connectivity index is 2.44. The molecule has 0 unspecified atom stereocenters. The Kier molecular flexibility index (Phi) is 1.99. The molecule has 68 valence electrons. The van der Waals surface area contributed by atoms with Crippen molar-refractivity contribution in [3.8, 4) is 5.75 Å². The Morgan fingerprint density at radius 1 is 1.46 bits per heavy atom. The summed E-state index contributed by atoms with van der Waals surface area (Å²) in [5.74, 6) is 0.764. The fourth-order valence-corrected chi connectivity index (χ4v) is 1.59. The first-order chi connectivity index (χ1) is 6.08. The van der Waals surface area contributed by atoms with Crippen LogP contribution in [0, 0.1) is 6.42 Å². The summed E-state index contributed by atoms with van der Waals surface area (Å²) >= 11 is 6.00. The van der Waals surface area contributed by atoms with Crippen molar-refractivity contribution in [3.05, 3.63) is 35.2 Å². The van der Waals surface area contributed by atoms with Gasteiger partial charge in [0.15, 0.2) is 0 Å². The van der Waals surface area contributed by atoms with E-state index >= 15 is 0 Å². The minimum atomic E-state index is -0.183. The molecular formula is C11H11ClO. The van der Waals surface area contributed by atoms with E-state index in [1.54, 1.807) is 0 Å². The molecule has 1 aliphatic rings. The lowest BCUT2D eigenvalue weighted by atomic mass is 9.94. The summed E-state index contributed by atoms with van der Waals surface area (Å²) in [5, 5.41) is 0.665. The molecule has 0 fully saturated rings. The molecule has 0 saturated carbocycles. The Labute approximate surface area is 83.7 Å². The predicted octanol–water partition coefficient (Wildman–Crippen LogP) is 3.33. The Bertz CT molecular complexity index is 331. The van der Waals surface area contributed by atoms with E-state index in [1.165, 1.54) is 0 Å². The van der Waals surface area contributed by atoms with Crippen LogP contribution >= 0.6 is 11.6 Å². The van der Waals surface area contributed by atoms with Crippen molar-refractivity contribution in [3.63, 3.8) is 0 Å². The van der Waals surface area contributed by atoms with Crippen LogP contribution < -0.4 is 4.74 Å². The smallest absolute Gasteiger partial charge is 0.142 e. The third-order valence-corrected chi connectivity index (χ3v) is 2.35. The van der Waals surface area contributed by atoms with E-state index in [0.717, 1.165) is 17.7 Å². The van der Waals surface area contributed by atoms with Crippen LogP contribution in [-0.4, -0.2) is 5.60 Å². The fourth-order valence-electron chi connectivity index (χ4n) is 1.37. The predicted molar refractivity (Wildman–Crippen MR) is 53.1 cm³/mol. The van der Waals surface area contributed by atoms with Crippen LogP contribution in [-0.2, 0) is 0 Å². The second kappa shape index (κ2) is 2.91. The molecule has 0 aromatic heterocycles. The summed E-state index contributed by atoms with van der Waals surface area (Å²) in [6.07, 6.45) is 4.09. The van der Waals surface area contributed by atoms with Crippen molar-refractivity contribution in [2.24, 2.45) is 0 Å². The highest BCUT2D eigenvalue weighted by Crippen LogP contribution is 2.38. The number of rotatable bonds is 0. The number of hydrogen-bond donors (Lipinski definition) is 0. The normalized spacial score (nSPS) is 19.0. The summed E-state index contributed by atoms with van der Waals surface area (Å²) in [6.45, 7) is 4.07. The van der Waals surface area contributed by atoms with Crippen LogP contribution in [0.4, 0.5) is 0 Å². The van der Waals surface area contributed by atoms with Crippen molar-refractivity contribution in [1.29, 1.82) is 0 Å². The highest BCUT2D eigenvalue weighted by atomic mass is 35.5. The average Bonchev–Trinajstić information content (AvgIpc) is 2.06. The van der Waals surface area contributed by atoms with Gasteiger partial charge < -0.3 is 4.74 Å². The van der Waals surface area contributed by atoms with E-state index in [0.29, 0.717) is 5.02 Å². The molecule has 0 spiro atoms. The highest BCUT2D eigenvalue weighted by molar-refractivity contribution is 6.32. The van der Waals surface area contributed by atoms with E-state index in [9.17, 15) is 0 Å². The zero-order valence-electron chi connectivity index (χ0n) is 7.73. The third kappa shape index (κ3) is 1.66. The molecule has 0 bridgehead atoms. The molecule has 0 amide bonds. The number of hydrogen-bond acceptors (Lipinski definition) is 1. The van der Waals surface area contributed by atoms with Crippen LogP contribution in [0.5, 0.6) is 5.75 Å². The van der Waals surface area contributed by atoms with Crippen molar-refractivity contribution < 1.29 is 4.74 Å². The molecule has 1 aliphatic heterocycles. The third-order valence-electron chi connectivity index (χ3n) is 2.05. The molecule has 0 N–H and O–H groups in total. The lowest BCUT2D eigenvalue weighted by Crippen LogP contribution is -2.31. The van der Waals surface area contributed by atoms with Crippen molar-refractivity contribution in [2.45, 2.75) is 25.9 Å². The highest BCUT2D eigenvalue weighted by Gasteiger charge is 2.28. The molecule has 1 aromatic rings. The van der Waals surface area contributed by atoms with Gasteiger partial charge in [-0.15, -0.1) is 0 Å². The van der Waals surface area contributed by atoms with Gasteiger partial charge in [0, 0.05) is 12.0 Å². The van der Waals surface area contributed by atoms with Crippen LogP contribution in [0.1, 0.15) is 25.8 Å². The van der Waals surface area contributed by atoms with E-state index < -0.39 is 0 Å². The summed E-state index contributed by atoms with van der Waals surface area (Å²) in [4.78, 5) is 0. The van der Waals surface area contributed by atoms with Crippen LogP contribution in [0.3, 0.4) is 0 Å². The van der Waals surface area contributed by atoms with E-state index in [1.807, 2.05) is 32.0 Å². The number of ether oxygens (including phenoxy) is 1. The van der Waals surface area contributed by atoms with Gasteiger partial charge in [-0.3, -0.25) is 0 Å².